The van der Waals surface area contributed by atoms with Crippen LogP contribution in [0.5, 0.6) is 0 Å². The predicted octanol–water partition coefficient (Wildman–Crippen LogP) is -0.817. The van der Waals surface area contributed by atoms with Gasteiger partial charge < -0.3 is 10.8 Å². The van der Waals surface area contributed by atoms with E-state index in [9.17, 15) is 0 Å². The Bertz CT molecular complexity index is 122. The van der Waals surface area contributed by atoms with Gasteiger partial charge in [0.2, 0.25) is 0 Å². The van der Waals surface area contributed by atoms with Crippen molar-refractivity contribution >= 4 is 0 Å². The highest BCUT2D eigenvalue weighted by Gasteiger charge is 2.09. The third-order valence-electron chi connectivity index (χ3n) is 1.50. The number of nitrogens with one attached hydrogen (secondary N) is 1. The lowest BCUT2D eigenvalue weighted by atomic mass is 10.1. The molecule has 1 rings (SSSR count). The van der Waals surface area contributed by atoms with Gasteiger partial charge in [0, 0.05) is 6.54 Å². The van der Waals surface area contributed by atoms with Gasteiger partial charge in [0.25, 0.3) is 0 Å². The van der Waals surface area contributed by atoms with Gasteiger partial charge in [-0.3, -0.25) is 5.32 Å². The first kappa shape index (κ1) is 6.74. The summed E-state index contributed by atoms with van der Waals surface area (Å²) in [5, 5.41) is 11.7. The molecule has 0 aromatic carbocycles. The number of aliphatic hydroxyl groups is 1. The van der Waals surface area contributed by atoms with Crippen LogP contribution >= 0.6 is 0 Å². The van der Waals surface area contributed by atoms with Crippen LogP contribution in [0.3, 0.4) is 0 Å². The molecule has 4 N–H and O–H groups in total. The Hall–Kier alpha value is -0.380. The third kappa shape index (κ3) is 1.51. The van der Waals surface area contributed by atoms with Crippen LogP contribution < -0.4 is 11.1 Å². The maximum atomic E-state index is 8.67. The van der Waals surface area contributed by atoms with Crippen LogP contribution in [0.2, 0.25) is 0 Å². The van der Waals surface area contributed by atoms with Crippen molar-refractivity contribution in [2.75, 3.05) is 13.2 Å². The van der Waals surface area contributed by atoms with Crippen molar-refractivity contribution in [2.45, 2.75) is 12.6 Å². The molecule has 1 heterocycles. The molecule has 1 aliphatic heterocycles. The zero-order chi connectivity index (χ0) is 6.69. The molecule has 1 atom stereocenters. The van der Waals surface area contributed by atoms with Gasteiger partial charge in [-0.15, -0.1) is 0 Å². The summed E-state index contributed by atoms with van der Waals surface area (Å²) in [6.45, 7) is 0.999. The second-order valence-corrected chi connectivity index (χ2v) is 2.16. The summed E-state index contributed by atoms with van der Waals surface area (Å²) in [5.41, 5.74) is 6.45. The second kappa shape index (κ2) is 2.96. The average Bonchev–Trinajstić information content (AvgIpc) is 1.89. The standard InChI is InChI=1S/C6H12N2O/c7-6-5(4-9)2-1-3-8-6/h2,6,8-9H,1,3-4,7H2. The number of hydrogen-bond donors (Lipinski definition) is 3. The third-order valence-corrected chi connectivity index (χ3v) is 1.50. The summed E-state index contributed by atoms with van der Waals surface area (Å²) in [5.74, 6) is 0. The van der Waals surface area contributed by atoms with E-state index in [1.165, 1.54) is 0 Å². The van der Waals surface area contributed by atoms with E-state index in [1.54, 1.807) is 0 Å². The monoisotopic (exact) mass is 128 g/mol. The molecule has 1 unspecified atom stereocenters. The molecule has 3 nitrogen and oxygen atoms in total. The average molecular weight is 128 g/mol. The van der Waals surface area contributed by atoms with Crippen LogP contribution in [0, 0.1) is 0 Å². The summed E-state index contributed by atoms with van der Waals surface area (Å²) >= 11 is 0. The van der Waals surface area contributed by atoms with Crippen molar-refractivity contribution in [3.05, 3.63) is 11.6 Å². The second-order valence-electron chi connectivity index (χ2n) is 2.16. The fourth-order valence-corrected chi connectivity index (χ4v) is 0.917. The van der Waals surface area contributed by atoms with E-state index < -0.39 is 0 Å². The minimum Gasteiger partial charge on any atom is -0.392 e. The molecule has 0 saturated heterocycles. The lowest BCUT2D eigenvalue weighted by Crippen LogP contribution is -2.42. The molecule has 0 amide bonds. The largest absolute Gasteiger partial charge is 0.392 e. The molecular weight excluding hydrogens is 116 g/mol. The Morgan fingerprint density at radius 2 is 2.67 bits per heavy atom. The Morgan fingerprint density at radius 1 is 1.89 bits per heavy atom. The van der Waals surface area contributed by atoms with Crippen LogP contribution in [-0.2, 0) is 0 Å². The van der Waals surface area contributed by atoms with Crippen LogP contribution in [0.4, 0.5) is 0 Å². The van der Waals surface area contributed by atoms with Crippen molar-refractivity contribution in [3.63, 3.8) is 0 Å². The van der Waals surface area contributed by atoms with Gasteiger partial charge in [-0.25, -0.2) is 0 Å². The van der Waals surface area contributed by atoms with E-state index in [0.717, 1.165) is 18.5 Å². The molecule has 0 aromatic rings. The molecule has 0 radical (unpaired) electrons. The van der Waals surface area contributed by atoms with Gasteiger partial charge in [0.1, 0.15) is 0 Å². The van der Waals surface area contributed by atoms with Crippen molar-refractivity contribution in [3.8, 4) is 0 Å². The zero-order valence-corrected chi connectivity index (χ0v) is 5.30. The first-order valence-corrected chi connectivity index (χ1v) is 3.13. The molecule has 52 valence electrons. The van der Waals surface area contributed by atoms with E-state index >= 15 is 0 Å². The minimum atomic E-state index is -0.122. The van der Waals surface area contributed by atoms with Gasteiger partial charge in [-0.1, -0.05) is 6.08 Å². The lowest BCUT2D eigenvalue weighted by molar-refractivity contribution is 0.313. The van der Waals surface area contributed by atoms with Crippen LogP contribution in [0.25, 0.3) is 0 Å². The molecule has 0 aromatic heterocycles. The summed E-state index contributed by atoms with van der Waals surface area (Å²) in [4.78, 5) is 0. The fraction of sp³-hybridized carbons (Fsp3) is 0.667. The molecule has 0 aliphatic carbocycles. The number of nitrogens with two attached hydrogens (primary N) is 1. The Labute approximate surface area is 54.6 Å². The van der Waals surface area contributed by atoms with Crippen molar-refractivity contribution in [1.82, 2.24) is 5.32 Å². The lowest BCUT2D eigenvalue weighted by Gasteiger charge is -2.19. The van der Waals surface area contributed by atoms with Gasteiger partial charge in [0.05, 0.1) is 12.8 Å². The van der Waals surface area contributed by atoms with Crippen molar-refractivity contribution in [1.29, 1.82) is 0 Å². The van der Waals surface area contributed by atoms with Gasteiger partial charge in [-0.05, 0) is 12.0 Å². The smallest absolute Gasteiger partial charge is 0.0791 e. The highest BCUT2D eigenvalue weighted by atomic mass is 16.3. The van der Waals surface area contributed by atoms with Gasteiger partial charge >= 0.3 is 0 Å². The summed E-state index contributed by atoms with van der Waals surface area (Å²) < 4.78 is 0. The van der Waals surface area contributed by atoms with Gasteiger partial charge in [-0.2, -0.15) is 0 Å². The quantitative estimate of drug-likeness (QED) is 0.404. The maximum Gasteiger partial charge on any atom is 0.0791 e. The molecule has 0 bridgehead atoms. The molecule has 1 aliphatic rings. The molecule has 0 saturated carbocycles. The summed E-state index contributed by atoms with van der Waals surface area (Å²) in [6.07, 6.45) is 2.84. The topological polar surface area (TPSA) is 58.3 Å². The van der Waals surface area contributed by atoms with E-state index in [-0.39, 0.29) is 12.8 Å². The Balaban J connectivity index is 2.53. The highest BCUT2D eigenvalue weighted by Crippen LogP contribution is 2.02. The van der Waals surface area contributed by atoms with E-state index in [1.807, 2.05) is 6.08 Å². The fourth-order valence-electron chi connectivity index (χ4n) is 0.917. The minimum absolute atomic E-state index is 0.0775. The number of hydrogen-bond acceptors (Lipinski definition) is 3. The normalized spacial score (nSPS) is 27.8. The van der Waals surface area contributed by atoms with Crippen molar-refractivity contribution in [2.24, 2.45) is 5.73 Å². The van der Waals surface area contributed by atoms with Crippen LogP contribution in [0.1, 0.15) is 6.42 Å². The first-order valence-electron chi connectivity index (χ1n) is 3.13. The first-order chi connectivity index (χ1) is 4.34. The molecule has 0 spiro atoms. The zero-order valence-electron chi connectivity index (χ0n) is 5.30. The Kier molecular flexibility index (Phi) is 2.22. The maximum absolute atomic E-state index is 8.67. The summed E-state index contributed by atoms with van der Waals surface area (Å²) in [7, 11) is 0. The molecule has 3 heteroatoms. The number of rotatable bonds is 1. The van der Waals surface area contributed by atoms with Crippen LogP contribution in [0.15, 0.2) is 11.6 Å². The predicted molar refractivity (Wildman–Crippen MR) is 35.8 cm³/mol. The van der Waals surface area contributed by atoms with Gasteiger partial charge in [0.15, 0.2) is 0 Å². The molecule has 0 fully saturated rings. The SMILES string of the molecule is NC1NCCC=C1CO. The Morgan fingerprint density at radius 3 is 3.11 bits per heavy atom. The summed E-state index contributed by atoms with van der Waals surface area (Å²) in [6, 6.07) is 0. The molecule has 9 heavy (non-hydrogen) atoms. The van der Waals surface area contributed by atoms with Crippen molar-refractivity contribution < 1.29 is 5.11 Å². The molecular formula is C6H12N2O. The van der Waals surface area contributed by atoms with E-state index in [0.29, 0.717) is 0 Å². The van der Waals surface area contributed by atoms with E-state index in [2.05, 4.69) is 5.32 Å². The van der Waals surface area contributed by atoms with Crippen LogP contribution in [-0.4, -0.2) is 24.4 Å². The number of aliphatic hydroxyl groups excluding tert-OH is 1. The highest BCUT2D eigenvalue weighted by molar-refractivity contribution is 5.12. The van der Waals surface area contributed by atoms with E-state index in [4.69, 9.17) is 10.8 Å².